The zero-order valence-electron chi connectivity index (χ0n) is 32.9. The quantitative estimate of drug-likeness (QED) is 0.0338. The van der Waals surface area contributed by atoms with Crippen LogP contribution in [0.3, 0.4) is 0 Å². The largest absolute Gasteiger partial charge is 0.466 e. The van der Waals surface area contributed by atoms with Crippen molar-refractivity contribution >= 4 is 11.9 Å². The molecule has 3 N–H and O–H groups in total. The van der Waals surface area contributed by atoms with Crippen LogP contribution in [0.2, 0.25) is 0 Å². The lowest BCUT2D eigenvalue weighted by atomic mass is 10.0. The lowest BCUT2D eigenvalue weighted by Crippen LogP contribution is -2.45. The van der Waals surface area contributed by atoms with Crippen molar-refractivity contribution in [1.82, 2.24) is 5.32 Å². The van der Waals surface area contributed by atoms with Crippen molar-refractivity contribution in [3.63, 3.8) is 0 Å². The molecule has 6 heteroatoms. The van der Waals surface area contributed by atoms with Gasteiger partial charge < -0.3 is 20.3 Å². The molecule has 0 saturated carbocycles. The van der Waals surface area contributed by atoms with Gasteiger partial charge in [0.1, 0.15) is 0 Å². The molecular formula is C44H81NO5. The summed E-state index contributed by atoms with van der Waals surface area (Å²) < 4.78 is 5.40. The summed E-state index contributed by atoms with van der Waals surface area (Å²) in [5.41, 5.74) is 0. The van der Waals surface area contributed by atoms with Crippen LogP contribution in [0.15, 0.2) is 36.5 Å². The molecule has 0 rings (SSSR count). The minimum absolute atomic E-state index is 0.0506. The molecule has 0 radical (unpaired) electrons. The highest BCUT2D eigenvalue weighted by molar-refractivity contribution is 5.76. The number of esters is 1. The van der Waals surface area contributed by atoms with Crippen molar-refractivity contribution in [2.75, 3.05) is 13.2 Å². The summed E-state index contributed by atoms with van der Waals surface area (Å²) >= 11 is 0. The lowest BCUT2D eigenvalue weighted by Gasteiger charge is -2.19. The zero-order chi connectivity index (χ0) is 36.6. The van der Waals surface area contributed by atoms with Gasteiger partial charge in [0.2, 0.25) is 5.91 Å². The number of unbranched alkanes of at least 4 members (excludes halogenated alkanes) is 23. The number of hydrogen-bond donors (Lipinski definition) is 3. The van der Waals surface area contributed by atoms with Crippen LogP contribution in [0.1, 0.15) is 206 Å². The third-order valence-corrected chi connectivity index (χ3v) is 9.38. The number of nitrogens with one attached hydrogen (secondary N) is 1. The van der Waals surface area contributed by atoms with Gasteiger partial charge in [-0.1, -0.05) is 159 Å². The normalized spacial score (nSPS) is 13.1. The van der Waals surface area contributed by atoms with E-state index in [2.05, 4.69) is 43.5 Å². The summed E-state index contributed by atoms with van der Waals surface area (Å²) in [6, 6.07) is -0.664. The molecule has 2 atom stereocenters. The van der Waals surface area contributed by atoms with Crippen molar-refractivity contribution in [1.29, 1.82) is 0 Å². The Morgan fingerprint density at radius 1 is 0.540 bits per heavy atom. The minimum atomic E-state index is -0.874. The van der Waals surface area contributed by atoms with Crippen LogP contribution in [-0.4, -0.2) is 47.4 Å². The Hall–Kier alpha value is -1.92. The molecule has 0 saturated heterocycles. The average molecular weight is 704 g/mol. The number of carbonyl (C=O) groups excluding carboxylic acids is 2. The summed E-state index contributed by atoms with van der Waals surface area (Å²) in [6.07, 6.45) is 45.6. The van der Waals surface area contributed by atoms with Gasteiger partial charge in [0.15, 0.2) is 0 Å². The Kier molecular flexibility index (Phi) is 38.3. The van der Waals surface area contributed by atoms with Gasteiger partial charge in [0.05, 0.1) is 25.4 Å². The van der Waals surface area contributed by atoms with Crippen molar-refractivity contribution in [3.8, 4) is 0 Å². The fraction of sp³-hybridized carbons (Fsp3) is 0.818. The van der Waals surface area contributed by atoms with Crippen LogP contribution in [0.25, 0.3) is 0 Å². The van der Waals surface area contributed by atoms with Gasteiger partial charge in [-0.3, -0.25) is 9.59 Å². The van der Waals surface area contributed by atoms with E-state index in [0.29, 0.717) is 19.4 Å². The van der Waals surface area contributed by atoms with Crippen LogP contribution in [0.5, 0.6) is 0 Å². The molecule has 0 aromatic rings. The Balaban J connectivity index is 3.64. The van der Waals surface area contributed by atoms with Gasteiger partial charge >= 0.3 is 5.97 Å². The van der Waals surface area contributed by atoms with Gasteiger partial charge in [-0.25, -0.2) is 0 Å². The molecule has 0 aromatic heterocycles. The number of ether oxygens (including phenoxy) is 1. The van der Waals surface area contributed by atoms with E-state index in [4.69, 9.17) is 4.74 Å². The fourth-order valence-corrected chi connectivity index (χ4v) is 6.03. The third-order valence-electron chi connectivity index (χ3n) is 9.38. The summed E-state index contributed by atoms with van der Waals surface area (Å²) in [4.78, 5) is 24.3. The van der Waals surface area contributed by atoms with E-state index < -0.39 is 12.1 Å². The molecule has 0 aliphatic heterocycles. The highest BCUT2D eigenvalue weighted by Crippen LogP contribution is 2.13. The summed E-state index contributed by atoms with van der Waals surface area (Å²) in [6.45, 7) is 4.74. The third kappa shape index (κ3) is 35.9. The van der Waals surface area contributed by atoms with E-state index in [9.17, 15) is 19.8 Å². The van der Waals surface area contributed by atoms with E-state index in [1.54, 1.807) is 6.08 Å². The van der Waals surface area contributed by atoms with Gasteiger partial charge in [-0.15, -0.1) is 0 Å². The van der Waals surface area contributed by atoms with E-state index in [-0.39, 0.29) is 18.5 Å². The Labute approximate surface area is 309 Å². The Morgan fingerprint density at radius 3 is 1.52 bits per heavy atom. The predicted octanol–water partition coefficient (Wildman–Crippen LogP) is 11.8. The molecule has 0 bridgehead atoms. The molecule has 0 fully saturated rings. The number of hydrogen-bond acceptors (Lipinski definition) is 5. The highest BCUT2D eigenvalue weighted by atomic mass is 16.5. The first kappa shape index (κ1) is 48.1. The van der Waals surface area contributed by atoms with Crippen LogP contribution < -0.4 is 5.32 Å². The number of amides is 1. The second kappa shape index (κ2) is 39.9. The fourth-order valence-electron chi connectivity index (χ4n) is 6.03. The highest BCUT2D eigenvalue weighted by Gasteiger charge is 2.17. The standard InChI is InChI=1S/C44H81NO5/c1-3-5-7-9-11-13-15-16-18-20-24-28-32-36-42(47)41(40-46)45-43(48)37-33-29-25-21-19-23-27-31-35-39-50-44(49)38-34-30-26-22-17-14-12-10-8-6-4-2/h10,12,21,25,32,36,41-42,46-47H,3-9,11,13-20,22-24,26-31,33-35,37-40H2,1-2H3,(H,45,48)/b12-10-,25-21-,36-32+. The summed E-state index contributed by atoms with van der Waals surface area (Å²) in [7, 11) is 0. The van der Waals surface area contributed by atoms with E-state index in [1.807, 2.05) is 6.08 Å². The molecule has 0 aliphatic carbocycles. The van der Waals surface area contributed by atoms with Crippen LogP contribution in [0, 0.1) is 0 Å². The molecule has 1 amide bonds. The van der Waals surface area contributed by atoms with Gasteiger partial charge in [0.25, 0.3) is 0 Å². The van der Waals surface area contributed by atoms with Gasteiger partial charge in [0, 0.05) is 12.8 Å². The number of carbonyl (C=O) groups is 2. The molecule has 2 unspecified atom stereocenters. The Morgan fingerprint density at radius 2 is 0.980 bits per heavy atom. The van der Waals surface area contributed by atoms with Gasteiger partial charge in [-0.2, -0.15) is 0 Å². The predicted molar refractivity (Wildman–Crippen MR) is 213 cm³/mol. The number of aliphatic hydroxyl groups is 2. The van der Waals surface area contributed by atoms with Gasteiger partial charge in [-0.05, 0) is 70.6 Å². The van der Waals surface area contributed by atoms with E-state index in [0.717, 1.165) is 70.6 Å². The molecule has 292 valence electrons. The topological polar surface area (TPSA) is 95.9 Å². The van der Waals surface area contributed by atoms with E-state index >= 15 is 0 Å². The van der Waals surface area contributed by atoms with Crippen LogP contribution in [0.4, 0.5) is 0 Å². The lowest BCUT2D eigenvalue weighted by molar-refractivity contribution is -0.143. The molecule has 50 heavy (non-hydrogen) atoms. The van der Waals surface area contributed by atoms with Crippen molar-refractivity contribution in [3.05, 3.63) is 36.5 Å². The van der Waals surface area contributed by atoms with Crippen LogP contribution >= 0.6 is 0 Å². The smallest absolute Gasteiger partial charge is 0.305 e. The molecule has 0 aliphatic rings. The first-order valence-corrected chi connectivity index (χ1v) is 21.3. The Bertz CT molecular complexity index is 823. The maximum absolute atomic E-state index is 12.3. The monoisotopic (exact) mass is 704 g/mol. The molecule has 0 aromatic carbocycles. The van der Waals surface area contributed by atoms with Crippen molar-refractivity contribution < 1.29 is 24.5 Å². The number of allylic oxidation sites excluding steroid dienone is 5. The maximum Gasteiger partial charge on any atom is 0.305 e. The first-order chi connectivity index (χ1) is 24.5. The number of aliphatic hydroxyl groups excluding tert-OH is 2. The number of rotatable bonds is 38. The molecule has 0 heterocycles. The molecule has 0 spiro atoms. The first-order valence-electron chi connectivity index (χ1n) is 21.3. The average Bonchev–Trinajstić information content (AvgIpc) is 3.11. The van der Waals surface area contributed by atoms with Crippen LogP contribution in [-0.2, 0) is 14.3 Å². The summed E-state index contributed by atoms with van der Waals surface area (Å²) in [5.74, 6) is -0.182. The summed E-state index contributed by atoms with van der Waals surface area (Å²) in [5, 5.41) is 22.9. The maximum atomic E-state index is 12.3. The molecular weight excluding hydrogens is 622 g/mol. The van der Waals surface area contributed by atoms with Crippen molar-refractivity contribution in [2.45, 2.75) is 219 Å². The minimum Gasteiger partial charge on any atom is -0.466 e. The van der Waals surface area contributed by atoms with E-state index in [1.165, 1.54) is 109 Å². The zero-order valence-corrected chi connectivity index (χ0v) is 32.9. The second-order valence-corrected chi connectivity index (χ2v) is 14.3. The van der Waals surface area contributed by atoms with Crippen molar-refractivity contribution in [2.24, 2.45) is 0 Å². The second-order valence-electron chi connectivity index (χ2n) is 14.3. The molecule has 6 nitrogen and oxygen atoms in total. The SMILES string of the molecule is CCCC/C=C\CCCCCCCC(=O)OCCCCCC/C=C\CCCC(=O)NC(CO)C(O)/C=C/CCCCCCCCCCCCC.